The molecule has 0 radical (unpaired) electrons. The molecule has 0 atom stereocenters. The lowest BCUT2D eigenvalue weighted by Crippen LogP contribution is -2.32. The molecule has 1 aliphatic rings. The van der Waals surface area contributed by atoms with Crippen LogP contribution in [0.1, 0.15) is 53.6 Å². The predicted octanol–water partition coefficient (Wildman–Crippen LogP) is 2.30. The van der Waals surface area contributed by atoms with Gasteiger partial charge < -0.3 is 20.4 Å². The van der Waals surface area contributed by atoms with Crippen LogP contribution in [0.3, 0.4) is 0 Å². The van der Waals surface area contributed by atoms with E-state index in [4.69, 9.17) is 4.74 Å². The highest BCUT2D eigenvalue weighted by molar-refractivity contribution is 6.06. The number of Topliss-reactive ketones (excluding diaryl/α,β-unsaturated/α-hetero) is 1. The van der Waals surface area contributed by atoms with E-state index >= 15 is 0 Å². The van der Waals surface area contributed by atoms with Gasteiger partial charge in [-0.15, -0.1) is 0 Å². The van der Waals surface area contributed by atoms with E-state index in [2.05, 4.69) is 15.6 Å². The Kier molecular flexibility index (Phi) is 6.05. The second-order valence-electron chi connectivity index (χ2n) is 8.07. The summed E-state index contributed by atoms with van der Waals surface area (Å²) in [5, 5.41) is 5.27. The van der Waals surface area contributed by atoms with Gasteiger partial charge in [-0.1, -0.05) is 13.8 Å². The molecule has 1 heterocycles. The van der Waals surface area contributed by atoms with Crippen LogP contribution in [0.4, 0.5) is 5.69 Å². The smallest absolute Gasteiger partial charge is 0.261 e. The Morgan fingerprint density at radius 2 is 1.83 bits per heavy atom. The normalized spacial score (nSPS) is 14.6. The number of ether oxygens (including phenoxy) is 1. The molecule has 0 spiro atoms. The van der Waals surface area contributed by atoms with Crippen molar-refractivity contribution in [1.82, 2.24) is 10.3 Å². The minimum absolute atomic E-state index is 0.0832. The summed E-state index contributed by atoms with van der Waals surface area (Å²) >= 11 is 0. The van der Waals surface area contributed by atoms with Gasteiger partial charge in [-0.25, -0.2) is 0 Å². The number of hydrogen-bond donors (Lipinski definition) is 3. The van der Waals surface area contributed by atoms with Crippen LogP contribution in [0, 0.1) is 5.41 Å². The molecule has 3 rings (SSSR count). The van der Waals surface area contributed by atoms with Gasteiger partial charge in [-0.05, 0) is 49.1 Å². The number of fused-ring (bicyclic) bond motifs is 1. The summed E-state index contributed by atoms with van der Waals surface area (Å²) in [5.41, 5.74) is 0.559. The molecule has 0 saturated heterocycles. The Bertz CT molecular complexity index is 1040. The number of rotatable bonds is 6. The van der Waals surface area contributed by atoms with Gasteiger partial charge in [-0.3, -0.25) is 19.2 Å². The number of likely N-dealkylation sites (N-methyl/N-ethyl adjacent to an activating group) is 1. The molecule has 0 fully saturated rings. The Morgan fingerprint density at radius 1 is 1.13 bits per heavy atom. The molecule has 3 N–H and O–H groups in total. The Hall–Kier alpha value is -3.42. The number of benzene rings is 1. The molecule has 2 amide bonds. The third-order valence-electron chi connectivity index (χ3n) is 4.82. The van der Waals surface area contributed by atoms with Crippen molar-refractivity contribution in [2.45, 2.75) is 33.6 Å². The molecule has 0 bridgehead atoms. The second-order valence-corrected chi connectivity index (χ2v) is 8.07. The van der Waals surface area contributed by atoms with Crippen molar-refractivity contribution in [3.63, 3.8) is 0 Å². The minimum Gasteiger partial charge on any atom is -0.484 e. The highest BCUT2D eigenvalue weighted by Gasteiger charge is 2.32. The van der Waals surface area contributed by atoms with Gasteiger partial charge in [0, 0.05) is 29.9 Å². The number of H-pyrrole nitrogens is 1. The molecule has 8 nitrogen and oxygen atoms in total. The van der Waals surface area contributed by atoms with Crippen LogP contribution in [-0.2, 0) is 11.2 Å². The summed E-state index contributed by atoms with van der Waals surface area (Å²) in [5.74, 6) is -0.439. The largest absolute Gasteiger partial charge is 0.484 e. The molecule has 1 aromatic carbocycles. The average molecular weight is 411 g/mol. The highest BCUT2D eigenvalue weighted by atomic mass is 16.5. The first-order valence-electron chi connectivity index (χ1n) is 9.79. The number of amides is 2. The third-order valence-corrected chi connectivity index (χ3v) is 4.82. The van der Waals surface area contributed by atoms with Crippen molar-refractivity contribution in [3.05, 3.63) is 57.5 Å². The van der Waals surface area contributed by atoms with Gasteiger partial charge in [0.2, 0.25) is 0 Å². The summed E-state index contributed by atoms with van der Waals surface area (Å²) in [6.07, 6.45) is 0.938. The van der Waals surface area contributed by atoms with Crippen LogP contribution >= 0.6 is 0 Å². The third kappa shape index (κ3) is 4.94. The first-order valence-corrected chi connectivity index (χ1v) is 9.79. The molecular weight excluding hydrogens is 386 g/mol. The fourth-order valence-corrected chi connectivity index (χ4v) is 3.43. The van der Waals surface area contributed by atoms with Gasteiger partial charge in [0.05, 0.1) is 0 Å². The average Bonchev–Trinajstić information content (AvgIpc) is 2.66. The Labute approximate surface area is 174 Å². The molecule has 0 unspecified atom stereocenters. The molecule has 30 heavy (non-hydrogen) atoms. The van der Waals surface area contributed by atoms with Crippen molar-refractivity contribution >= 4 is 23.3 Å². The van der Waals surface area contributed by atoms with Crippen LogP contribution < -0.4 is 20.9 Å². The molecule has 158 valence electrons. The van der Waals surface area contributed by atoms with Gasteiger partial charge in [0.1, 0.15) is 11.3 Å². The minimum atomic E-state index is -0.604. The zero-order valence-electron chi connectivity index (χ0n) is 17.3. The molecule has 0 saturated carbocycles. The van der Waals surface area contributed by atoms with Crippen molar-refractivity contribution in [2.24, 2.45) is 5.41 Å². The van der Waals surface area contributed by atoms with Crippen molar-refractivity contribution in [2.75, 3.05) is 18.5 Å². The number of anilines is 1. The molecule has 8 heteroatoms. The van der Waals surface area contributed by atoms with E-state index in [1.165, 1.54) is 6.07 Å². The van der Waals surface area contributed by atoms with Gasteiger partial charge >= 0.3 is 0 Å². The standard InChI is InChI=1S/C22H25N3O5/c1-4-23-19(27)12-30-14-7-5-13(6-8-14)24-20(28)16-9-15-17(25-21(16)29)10-22(2,3)11-18(15)26/h5-9H,4,10-12H2,1-3H3,(H,23,27)(H,24,28)(H,25,29). The van der Waals surface area contributed by atoms with E-state index in [9.17, 15) is 19.2 Å². The van der Waals surface area contributed by atoms with E-state index < -0.39 is 11.5 Å². The lowest BCUT2D eigenvalue weighted by molar-refractivity contribution is -0.122. The molecule has 0 aliphatic heterocycles. The summed E-state index contributed by atoms with van der Waals surface area (Å²) in [6, 6.07) is 7.80. The first-order chi connectivity index (χ1) is 14.2. The maximum absolute atomic E-state index is 12.6. The Balaban J connectivity index is 1.71. The number of nitrogens with one attached hydrogen (secondary N) is 3. The summed E-state index contributed by atoms with van der Waals surface area (Å²) in [6.45, 7) is 6.18. The number of carbonyl (C=O) groups is 3. The van der Waals surface area contributed by atoms with E-state index in [-0.39, 0.29) is 29.3 Å². The summed E-state index contributed by atoms with van der Waals surface area (Å²) < 4.78 is 5.36. The van der Waals surface area contributed by atoms with Crippen molar-refractivity contribution in [1.29, 1.82) is 0 Å². The van der Waals surface area contributed by atoms with Gasteiger partial charge in [-0.2, -0.15) is 0 Å². The molecule has 1 aliphatic carbocycles. The molecular formula is C22H25N3O5. The summed E-state index contributed by atoms with van der Waals surface area (Å²) in [7, 11) is 0. The summed E-state index contributed by atoms with van der Waals surface area (Å²) in [4.78, 5) is 51.6. The van der Waals surface area contributed by atoms with E-state index in [1.807, 2.05) is 20.8 Å². The fraction of sp³-hybridized carbons (Fsp3) is 0.364. The first kappa shape index (κ1) is 21.3. The van der Waals surface area contributed by atoms with E-state index in [1.54, 1.807) is 24.3 Å². The van der Waals surface area contributed by atoms with Crippen LogP contribution in [0.15, 0.2) is 35.1 Å². The van der Waals surface area contributed by atoms with Crippen molar-refractivity contribution < 1.29 is 19.1 Å². The molecule has 2 aromatic rings. The zero-order valence-corrected chi connectivity index (χ0v) is 17.3. The Morgan fingerprint density at radius 3 is 2.50 bits per heavy atom. The number of carbonyl (C=O) groups excluding carboxylic acids is 3. The fourth-order valence-electron chi connectivity index (χ4n) is 3.43. The highest BCUT2D eigenvalue weighted by Crippen LogP contribution is 2.33. The number of aromatic nitrogens is 1. The second kappa shape index (κ2) is 8.52. The van der Waals surface area contributed by atoms with Crippen LogP contribution in [-0.4, -0.2) is 35.7 Å². The van der Waals surface area contributed by atoms with Crippen LogP contribution in [0.25, 0.3) is 0 Å². The quantitative estimate of drug-likeness (QED) is 0.674. The zero-order chi connectivity index (χ0) is 21.9. The predicted molar refractivity (Wildman–Crippen MR) is 112 cm³/mol. The number of pyridine rings is 1. The van der Waals surface area contributed by atoms with Crippen molar-refractivity contribution in [3.8, 4) is 5.75 Å². The van der Waals surface area contributed by atoms with Gasteiger partial charge in [0.25, 0.3) is 17.4 Å². The lowest BCUT2D eigenvalue weighted by atomic mass is 9.75. The van der Waals surface area contributed by atoms with Crippen LogP contribution in [0.2, 0.25) is 0 Å². The van der Waals surface area contributed by atoms with Gasteiger partial charge in [0.15, 0.2) is 12.4 Å². The topological polar surface area (TPSA) is 117 Å². The van der Waals surface area contributed by atoms with Crippen LogP contribution in [0.5, 0.6) is 5.75 Å². The van der Waals surface area contributed by atoms with E-state index in [0.717, 1.165) is 0 Å². The SMILES string of the molecule is CCNC(=O)COc1ccc(NC(=O)c2cc3c([nH]c2=O)CC(C)(C)CC3=O)cc1. The van der Waals surface area contributed by atoms with E-state index in [0.29, 0.717) is 42.1 Å². The maximum Gasteiger partial charge on any atom is 0.261 e. The number of aromatic amines is 1. The maximum atomic E-state index is 12.6. The monoisotopic (exact) mass is 411 g/mol. The number of hydrogen-bond acceptors (Lipinski definition) is 5. The lowest BCUT2D eigenvalue weighted by Gasteiger charge is -2.29. The number of ketones is 1. The molecule has 1 aromatic heterocycles.